The molecular weight excluding hydrogens is 240 g/mol. The highest BCUT2D eigenvalue weighted by Gasteiger charge is 2.28. The first-order chi connectivity index (χ1) is 7.86. The van der Waals surface area contributed by atoms with Crippen LogP contribution in [0.15, 0.2) is 6.07 Å². The molecule has 0 spiro atoms. The molecule has 0 radical (unpaired) electrons. The van der Waals surface area contributed by atoms with Crippen LogP contribution in [0.5, 0.6) is 0 Å². The Bertz CT molecular complexity index is 408. The fourth-order valence-electron chi connectivity index (χ4n) is 2.13. The first-order valence-electron chi connectivity index (χ1n) is 5.87. The zero-order valence-electron chi connectivity index (χ0n) is 10.4. The van der Waals surface area contributed by atoms with Crippen LogP contribution < -0.4 is 0 Å². The third-order valence-corrected chi connectivity index (χ3v) is 3.47. The Hall–Kier alpha value is -0.610. The molecule has 0 atom stereocenters. The third-order valence-electron chi connectivity index (χ3n) is 3.01. The maximum Gasteiger partial charge on any atom is 0.304 e. The van der Waals surface area contributed by atoms with Crippen LogP contribution in [0, 0.1) is 0 Å². The first-order valence-corrected chi connectivity index (χ1v) is 6.25. The average Bonchev–Trinajstić information content (AvgIpc) is 2.26. The minimum Gasteiger partial charge on any atom is -0.340 e. The molecule has 0 saturated carbocycles. The van der Waals surface area contributed by atoms with E-state index in [4.69, 9.17) is 11.6 Å². The minimum atomic E-state index is -2.83. The van der Waals surface area contributed by atoms with Gasteiger partial charge in [0.1, 0.15) is 0 Å². The summed E-state index contributed by atoms with van der Waals surface area (Å²) in [7, 11) is 0. The van der Waals surface area contributed by atoms with Crippen molar-refractivity contribution in [2.75, 3.05) is 0 Å². The number of rotatable bonds is 4. The van der Waals surface area contributed by atoms with Crippen molar-refractivity contribution in [1.29, 1.82) is 0 Å². The van der Waals surface area contributed by atoms with Gasteiger partial charge < -0.3 is 15.3 Å². The highest BCUT2D eigenvalue weighted by Crippen LogP contribution is 2.33. The number of benzene rings is 1. The van der Waals surface area contributed by atoms with Gasteiger partial charge in [-0.3, -0.25) is 0 Å². The SMILES string of the molecule is CCc1cc(C(O)(O)O)c(CC)c(Cl)c1CC. The molecule has 0 amide bonds. The molecule has 0 aliphatic rings. The topological polar surface area (TPSA) is 60.7 Å². The lowest BCUT2D eigenvalue weighted by atomic mass is 9.93. The zero-order valence-corrected chi connectivity index (χ0v) is 11.2. The smallest absolute Gasteiger partial charge is 0.304 e. The molecule has 0 heterocycles. The molecule has 4 heteroatoms. The predicted molar refractivity (Wildman–Crippen MR) is 67.9 cm³/mol. The quantitative estimate of drug-likeness (QED) is 0.725. The molecule has 0 fully saturated rings. The van der Waals surface area contributed by atoms with Gasteiger partial charge in [0.05, 0.1) is 0 Å². The van der Waals surface area contributed by atoms with Crippen LogP contribution in [-0.4, -0.2) is 15.3 Å². The van der Waals surface area contributed by atoms with Crippen molar-refractivity contribution in [1.82, 2.24) is 0 Å². The summed E-state index contributed by atoms with van der Waals surface area (Å²) in [5.41, 5.74) is 2.62. The van der Waals surface area contributed by atoms with Crippen LogP contribution in [0.1, 0.15) is 43.0 Å². The van der Waals surface area contributed by atoms with Gasteiger partial charge in [0.15, 0.2) is 0 Å². The van der Waals surface area contributed by atoms with E-state index in [-0.39, 0.29) is 5.56 Å². The fourth-order valence-corrected chi connectivity index (χ4v) is 2.62. The van der Waals surface area contributed by atoms with E-state index in [9.17, 15) is 15.3 Å². The molecule has 0 bridgehead atoms. The Labute approximate surface area is 107 Å². The summed E-state index contributed by atoms with van der Waals surface area (Å²) in [6.07, 6.45) is 2.05. The zero-order chi connectivity index (χ0) is 13.2. The second kappa shape index (κ2) is 5.36. The fraction of sp³-hybridized carbons (Fsp3) is 0.538. The largest absolute Gasteiger partial charge is 0.340 e. The molecule has 1 aromatic rings. The van der Waals surface area contributed by atoms with Gasteiger partial charge in [0.2, 0.25) is 0 Å². The lowest BCUT2D eigenvalue weighted by Gasteiger charge is -2.22. The van der Waals surface area contributed by atoms with Crippen LogP contribution in [0.25, 0.3) is 0 Å². The van der Waals surface area contributed by atoms with Crippen molar-refractivity contribution in [3.63, 3.8) is 0 Å². The lowest BCUT2D eigenvalue weighted by molar-refractivity contribution is -0.324. The van der Waals surface area contributed by atoms with Gasteiger partial charge in [0.25, 0.3) is 0 Å². The molecule has 3 N–H and O–H groups in total. The van der Waals surface area contributed by atoms with E-state index < -0.39 is 5.97 Å². The molecular formula is C13H19ClO3. The van der Waals surface area contributed by atoms with Crippen LogP contribution >= 0.6 is 11.6 Å². The Morgan fingerprint density at radius 1 is 1.00 bits per heavy atom. The summed E-state index contributed by atoms with van der Waals surface area (Å²) < 4.78 is 0. The van der Waals surface area contributed by atoms with E-state index in [1.165, 1.54) is 0 Å². The first kappa shape index (κ1) is 14.5. The average molecular weight is 259 g/mol. The van der Waals surface area contributed by atoms with Crippen molar-refractivity contribution in [2.24, 2.45) is 0 Å². The van der Waals surface area contributed by atoms with E-state index in [2.05, 4.69) is 0 Å². The lowest BCUT2D eigenvalue weighted by Crippen LogP contribution is -2.26. The van der Waals surface area contributed by atoms with Crippen molar-refractivity contribution >= 4 is 11.6 Å². The summed E-state index contributed by atoms with van der Waals surface area (Å²) >= 11 is 6.27. The van der Waals surface area contributed by atoms with Crippen LogP contribution in [0.2, 0.25) is 5.02 Å². The van der Waals surface area contributed by atoms with Crippen molar-refractivity contribution in [3.8, 4) is 0 Å². The summed E-state index contributed by atoms with van der Waals surface area (Å²) in [4.78, 5) is 0. The monoisotopic (exact) mass is 258 g/mol. The van der Waals surface area contributed by atoms with Crippen molar-refractivity contribution in [2.45, 2.75) is 46.0 Å². The van der Waals surface area contributed by atoms with Gasteiger partial charge in [-0.2, -0.15) is 0 Å². The van der Waals surface area contributed by atoms with E-state index >= 15 is 0 Å². The second-order valence-electron chi connectivity index (χ2n) is 4.05. The molecule has 0 unspecified atom stereocenters. The molecule has 96 valence electrons. The highest BCUT2D eigenvalue weighted by atomic mass is 35.5. The summed E-state index contributed by atoms with van der Waals surface area (Å²) in [6.45, 7) is 5.83. The van der Waals surface area contributed by atoms with Crippen molar-refractivity contribution < 1.29 is 15.3 Å². The number of aryl methyl sites for hydroxylation is 1. The molecule has 1 rings (SSSR count). The normalized spacial score (nSPS) is 11.9. The number of halogens is 1. The Morgan fingerprint density at radius 2 is 1.53 bits per heavy atom. The van der Waals surface area contributed by atoms with E-state index in [1.54, 1.807) is 6.07 Å². The number of hydrogen-bond acceptors (Lipinski definition) is 3. The third kappa shape index (κ3) is 2.80. The maximum absolute atomic E-state index is 9.36. The standard InChI is InChI=1S/C13H19ClO3/c1-4-8-7-11(13(15,16)17)10(6-3)12(14)9(8)5-2/h7,15-17H,4-6H2,1-3H3. The van der Waals surface area contributed by atoms with E-state index in [0.717, 1.165) is 24.0 Å². The molecule has 0 aromatic heterocycles. The van der Waals surface area contributed by atoms with Gasteiger partial charge >= 0.3 is 5.97 Å². The van der Waals surface area contributed by atoms with Gasteiger partial charge in [-0.25, -0.2) is 0 Å². The second-order valence-corrected chi connectivity index (χ2v) is 4.43. The molecule has 17 heavy (non-hydrogen) atoms. The Morgan fingerprint density at radius 3 is 1.88 bits per heavy atom. The predicted octanol–water partition coefficient (Wildman–Crippen LogP) is 2.11. The van der Waals surface area contributed by atoms with E-state index in [0.29, 0.717) is 17.0 Å². The van der Waals surface area contributed by atoms with Crippen molar-refractivity contribution in [3.05, 3.63) is 33.3 Å². The summed E-state index contributed by atoms with van der Waals surface area (Å²) in [5, 5.41) is 28.6. The minimum absolute atomic E-state index is 0.0825. The maximum atomic E-state index is 9.36. The molecule has 0 aliphatic heterocycles. The van der Waals surface area contributed by atoms with E-state index in [1.807, 2.05) is 20.8 Å². The molecule has 1 aromatic carbocycles. The van der Waals surface area contributed by atoms with Crippen LogP contribution in [0.3, 0.4) is 0 Å². The summed E-state index contributed by atoms with van der Waals surface area (Å²) in [6, 6.07) is 1.63. The summed E-state index contributed by atoms with van der Waals surface area (Å²) in [5.74, 6) is -2.83. The van der Waals surface area contributed by atoms with Gasteiger partial charge in [0, 0.05) is 10.6 Å². The Balaban J connectivity index is 3.57. The van der Waals surface area contributed by atoms with Gasteiger partial charge in [-0.1, -0.05) is 32.4 Å². The van der Waals surface area contributed by atoms with Crippen LogP contribution in [-0.2, 0) is 25.2 Å². The number of hydrogen-bond donors (Lipinski definition) is 3. The van der Waals surface area contributed by atoms with Gasteiger partial charge in [-0.05, 0) is 42.0 Å². The van der Waals surface area contributed by atoms with Gasteiger partial charge in [-0.15, -0.1) is 0 Å². The molecule has 3 nitrogen and oxygen atoms in total. The Kier molecular flexibility index (Phi) is 4.55. The van der Waals surface area contributed by atoms with Crippen LogP contribution in [0.4, 0.5) is 0 Å². The molecule has 0 aliphatic carbocycles. The number of aliphatic hydroxyl groups is 3. The molecule has 0 saturated heterocycles. The highest BCUT2D eigenvalue weighted by molar-refractivity contribution is 6.32.